The van der Waals surface area contributed by atoms with Crippen molar-refractivity contribution >= 4 is 41.6 Å². The lowest BCUT2D eigenvalue weighted by Crippen LogP contribution is -3.00. The van der Waals surface area contributed by atoms with Gasteiger partial charge in [-0.25, -0.2) is 0 Å². The maximum absolute atomic E-state index is 11.1. The standard InChI is InChI=1S/C22H27ClN6O3.2ClH/c23-18-5-7-20(8-6-18)31-14-4-2-1-3-11-26-22(27-16-25)28-19-9-12-29(13-10-19)17-32-21(30)15-24;;/h5-10,12-13H,1-4,11,14-15,17,24H2,(H,26,27);2*1H. The Morgan fingerprint density at radius 2 is 1.79 bits per heavy atom. The number of nitrogens with zero attached hydrogens (tertiary/aromatic N) is 3. The van der Waals surface area contributed by atoms with Crippen LogP contribution in [0.2, 0.25) is 5.02 Å². The number of nitrogens with two attached hydrogens (primary N) is 1. The largest absolute Gasteiger partial charge is 1.00 e. The molecule has 9 nitrogen and oxygen atoms in total. The number of aromatic nitrogens is 1. The van der Waals surface area contributed by atoms with E-state index in [1.807, 2.05) is 30.5 Å². The Bertz CT molecular complexity index is 906. The minimum atomic E-state index is -0.471. The molecule has 0 amide bonds. The minimum absolute atomic E-state index is 0. The zero-order valence-electron chi connectivity index (χ0n) is 18.6. The second-order valence-corrected chi connectivity index (χ2v) is 7.20. The summed E-state index contributed by atoms with van der Waals surface area (Å²) in [6.45, 7) is 1.18. The lowest BCUT2D eigenvalue weighted by atomic mass is 10.2. The maximum Gasteiger partial charge on any atom is 0.324 e. The molecular weight excluding hydrogens is 503 g/mol. The average molecular weight is 532 g/mol. The van der Waals surface area contributed by atoms with E-state index >= 15 is 0 Å². The predicted molar refractivity (Wildman–Crippen MR) is 129 cm³/mol. The van der Waals surface area contributed by atoms with E-state index in [-0.39, 0.29) is 38.1 Å². The zero-order valence-corrected chi connectivity index (χ0v) is 20.9. The van der Waals surface area contributed by atoms with E-state index in [2.05, 4.69) is 15.6 Å². The number of carbonyl (C=O) groups excluding carboxylic acids is 1. The highest BCUT2D eigenvalue weighted by molar-refractivity contribution is 6.30. The topological polar surface area (TPSA) is 126 Å². The number of carbonyl (C=O) groups is 1. The second-order valence-electron chi connectivity index (χ2n) is 6.76. The number of hydrogen-bond acceptors (Lipinski definition) is 6. The van der Waals surface area contributed by atoms with Gasteiger partial charge in [0.15, 0.2) is 18.6 Å². The number of anilines is 1. The molecule has 0 aliphatic carbocycles. The van der Waals surface area contributed by atoms with Gasteiger partial charge in [-0.05, 0) is 43.5 Å². The Balaban J connectivity index is 0.00000544. The van der Waals surface area contributed by atoms with Gasteiger partial charge in [0.2, 0.25) is 5.96 Å². The SMILES string of the molecule is Cl.N#CNC(=NCCCCCCOc1ccc(Cl)cc1)Nc1cc[n+](COC(=O)CN)cc1.[Cl-]. The molecule has 0 unspecified atom stereocenters. The molecule has 0 saturated carbocycles. The first-order valence-electron chi connectivity index (χ1n) is 10.3. The molecule has 1 heterocycles. The molecule has 4 N–H and O–H groups in total. The molecule has 0 radical (unpaired) electrons. The molecule has 186 valence electrons. The Labute approximate surface area is 217 Å². The molecule has 2 aromatic rings. The first-order chi connectivity index (χ1) is 15.6. The van der Waals surface area contributed by atoms with E-state index in [0.717, 1.165) is 37.1 Å². The van der Waals surface area contributed by atoms with E-state index < -0.39 is 5.97 Å². The van der Waals surface area contributed by atoms with Crippen LogP contribution in [0, 0.1) is 11.5 Å². The molecule has 0 bridgehead atoms. The molecule has 1 aromatic carbocycles. The van der Waals surface area contributed by atoms with Gasteiger partial charge in [0.25, 0.3) is 6.73 Å². The van der Waals surface area contributed by atoms with Crippen LogP contribution in [0.3, 0.4) is 0 Å². The van der Waals surface area contributed by atoms with Crippen LogP contribution >= 0.6 is 24.0 Å². The summed E-state index contributed by atoms with van der Waals surface area (Å²) in [6.07, 6.45) is 9.27. The number of halogens is 3. The maximum atomic E-state index is 11.1. The Morgan fingerprint density at radius 3 is 2.44 bits per heavy atom. The quantitative estimate of drug-likeness (QED) is 0.0669. The number of nitrogens with one attached hydrogen (secondary N) is 2. The second kappa shape index (κ2) is 18.6. The van der Waals surface area contributed by atoms with Crippen molar-refractivity contribution in [2.75, 3.05) is 25.0 Å². The minimum Gasteiger partial charge on any atom is -1.00 e. The summed E-state index contributed by atoms with van der Waals surface area (Å²) < 4.78 is 12.3. The van der Waals surface area contributed by atoms with Crippen molar-refractivity contribution in [3.05, 3.63) is 53.8 Å². The molecule has 0 aliphatic heterocycles. The van der Waals surface area contributed by atoms with Crippen molar-refractivity contribution in [3.63, 3.8) is 0 Å². The summed E-state index contributed by atoms with van der Waals surface area (Å²) in [7, 11) is 0. The van der Waals surface area contributed by atoms with Gasteiger partial charge >= 0.3 is 5.97 Å². The van der Waals surface area contributed by atoms with Crippen molar-refractivity contribution in [2.45, 2.75) is 32.4 Å². The third-order valence-electron chi connectivity index (χ3n) is 4.27. The van der Waals surface area contributed by atoms with Gasteiger partial charge in [-0.1, -0.05) is 18.0 Å². The van der Waals surface area contributed by atoms with Crippen molar-refractivity contribution in [1.82, 2.24) is 5.32 Å². The Hall–Kier alpha value is -2.77. The molecule has 0 spiro atoms. The van der Waals surface area contributed by atoms with Gasteiger partial charge in [-0.15, -0.1) is 12.4 Å². The van der Waals surface area contributed by atoms with Crippen LogP contribution in [0.1, 0.15) is 25.7 Å². The van der Waals surface area contributed by atoms with E-state index in [1.165, 1.54) is 0 Å². The zero-order chi connectivity index (χ0) is 23.0. The van der Waals surface area contributed by atoms with E-state index in [0.29, 0.717) is 24.1 Å². The summed E-state index contributed by atoms with van der Waals surface area (Å²) >= 11 is 5.85. The lowest BCUT2D eigenvalue weighted by Gasteiger charge is -2.08. The van der Waals surface area contributed by atoms with E-state index in [4.69, 9.17) is 32.1 Å². The number of guanidine groups is 1. The van der Waals surface area contributed by atoms with Crippen LogP contribution in [-0.2, 0) is 16.3 Å². The molecule has 0 aliphatic rings. The van der Waals surface area contributed by atoms with Crippen LogP contribution in [0.4, 0.5) is 5.69 Å². The van der Waals surface area contributed by atoms with Crippen LogP contribution in [-0.4, -0.2) is 31.6 Å². The summed E-state index contributed by atoms with van der Waals surface area (Å²) in [5, 5.41) is 15.3. The molecule has 0 saturated heterocycles. The van der Waals surface area contributed by atoms with Crippen molar-refractivity contribution in [2.24, 2.45) is 10.7 Å². The number of rotatable bonds is 12. The van der Waals surface area contributed by atoms with Crippen LogP contribution in [0.15, 0.2) is 53.8 Å². The van der Waals surface area contributed by atoms with Gasteiger partial charge in [-0.3, -0.25) is 15.1 Å². The fourth-order valence-electron chi connectivity index (χ4n) is 2.61. The first-order valence-corrected chi connectivity index (χ1v) is 10.7. The van der Waals surface area contributed by atoms with Gasteiger partial charge in [-0.2, -0.15) is 9.83 Å². The fraction of sp³-hybridized carbons (Fsp3) is 0.364. The molecule has 0 fully saturated rings. The van der Waals surface area contributed by atoms with Crippen LogP contribution in [0.25, 0.3) is 0 Å². The van der Waals surface area contributed by atoms with Gasteiger partial charge in [0.1, 0.15) is 5.75 Å². The average Bonchev–Trinajstić information content (AvgIpc) is 2.81. The van der Waals surface area contributed by atoms with Crippen molar-refractivity contribution < 1.29 is 31.2 Å². The third-order valence-corrected chi connectivity index (χ3v) is 4.53. The number of pyridine rings is 1. The van der Waals surface area contributed by atoms with Crippen molar-refractivity contribution in [1.29, 1.82) is 5.26 Å². The van der Waals surface area contributed by atoms with Gasteiger partial charge in [0, 0.05) is 23.7 Å². The number of unbranched alkanes of at least 4 members (excludes halogenated alkanes) is 3. The normalized spacial score (nSPS) is 10.2. The number of nitriles is 1. The first kappa shape index (κ1) is 31.2. The monoisotopic (exact) mass is 530 g/mol. The van der Waals surface area contributed by atoms with Gasteiger partial charge in [0.05, 0.1) is 18.8 Å². The molecule has 12 heteroatoms. The Morgan fingerprint density at radius 1 is 1.12 bits per heavy atom. The highest BCUT2D eigenvalue weighted by Crippen LogP contribution is 2.16. The highest BCUT2D eigenvalue weighted by atomic mass is 35.5. The molecular formula is C22H29Cl3N6O3. The summed E-state index contributed by atoms with van der Waals surface area (Å²) in [6, 6.07) is 10.9. The van der Waals surface area contributed by atoms with E-state index in [9.17, 15) is 4.79 Å². The molecule has 2 rings (SSSR count). The number of esters is 1. The summed E-state index contributed by atoms with van der Waals surface area (Å²) in [4.78, 5) is 15.5. The fourth-order valence-corrected chi connectivity index (χ4v) is 2.74. The number of benzene rings is 1. The summed E-state index contributed by atoms with van der Waals surface area (Å²) in [5.74, 6) is 0.729. The van der Waals surface area contributed by atoms with Crippen LogP contribution < -0.4 is 38.1 Å². The highest BCUT2D eigenvalue weighted by Gasteiger charge is 2.06. The number of hydrogen-bond donors (Lipinski definition) is 3. The van der Waals surface area contributed by atoms with Gasteiger partial charge < -0.3 is 32.9 Å². The smallest absolute Gasteiger partial charge is 0.324 e. The summed E-state index contributed by atoms with van der Waals surface area (Å²) in [5.41, 5.74) is 5.94. The molecule has 0 atom stereocenters. The number of aliphatic imine (C=N–C) groups is 1. The van der Waals surface area contributed by atoms with Crippen LogP contribution in [0.5, 0.6) is 5.75 Å². The third kappa shape index (κ3) is 13.1. The lowest BCUT2D eigenvalue weighted by molar-refractivity contribution is -0.727. The molecule has 1 aromatic heterocycles. The number of ether oxygens (including phenoxy) is 2. The predicted octanol–water partition coefficient (Wildman–Crippen LogP) is -0.00932. The van der Waals surface area contributed by atoms with Crippen molar-refractivity contribution in [3.8, 4) is 11.9 Å². The molecule has 34 heavy (non-hydrogen) atoms. The Kier molecular flexibility index (Phi) is 17.1. The van der Waals surface area contributed by atoms with E-state index in [1.54, 1.807) is 29.1 Å².